The first-order chi connectivity index (χ1) is 11.9. The van der Waals surface area contributed by atoms with E-state index >= 15 is 0 Å². The molecule has 0 unspecified atom stereocenters. The average molecular weight is 359 g/mol. The van der Waals surface area contributed by atoms with Crippen LogP contribution in [0, 0.1) is 13.8 Å². The lowest BCUT2D eigenvalue weighted by molar-refractivity contribution is -0.124. The molecule has 1 aromatic heterocycles. The first-order valence-electron chi connectivity index (χ1n) is 7.63. The molecule has 2 aromatic rings. The Bertz CT molecular complexity index is 829. The first-order valence-corrected chi connectivity index (χ1v) is 8.45. The second-order valence-corrected chi connectivity index (χ2v) is 6.68. The number of anilines is 1. The number of carbonyl (C=O) groups is 3. The van der Waals surface area contributed by atoms with Crippen molar-refractivity contribution >= 4 is 35.3 Å². The van der Waals surface area contributed by atoms with Gasteiger partial charge >= 0.3 is 6.03 Å². The van der Waals surface area contributed by atoms with Crippen molar-refractivity contribution < 1.29 is 14.4 Å². The van der Waals surface area contributed by atoms with Gasteiger partial charge < -0.3 is 10.6 Å². The summed E-state index contributed by atoms with van der Waals surface area (Å²) in [6.45, 7) is 3.85. The fourth-order valence-corrected chi connectivity index (χ4v) is 3.44. The molecule has 0 saturated carbocycles. The van der Waals surface area contributed by atoms with Gasteiger partial charge in [0.05, 0.1) is 22.7 Å². The van der Waals surface area contributed by atoms with Gasteiger partial charge in [-0.05, 0) is 26.0 Å². The van der Waals surface area contributed by atoms with Gasteiger partial charge in [-0.2, -0.15) is 5.10 Å². The fourth-order valence-electron chi connectivity index (χ4n) is 2.45. The maximum atomic E-state index is 12.2. The number of aromatic nitrogens is 2. The molecule has 1 aliphatic heterocycles. The summed E-state index contributed by atoms with van der Waals surface area (Å²) in [5, 5.41) is 14.4. The van der Waals surface area contributed by atoms with Crippen molar-refractivity contribution in [1.29, 1.82) is 0 Å². The molecule has 1 fully saturated rings. The Morgan fingerprint density at radius 2 is 2.04 bits per heavy atom. The monoisotopic (exact) mass is 359 g/mol. The molecule has 0 bridgehead atoms. The Labute approximate surface area is 148 Å². The van der Waals surface area contributed by atoms with E-state index in [1.165, 1.54) is 11.8 Å². The Morgan fingerprint density at radius 3 is 2.68 bits per heavy atom. The maximum absolute atomic E-state index is 12.2. The van der Waals surface area contributed by atoms with Crippen molar-refractivity contribution in [3.63, 3.8) is 0 Å². The van der Waals surface area contributed by atoms with Gasteiger partial charge in [-0.15, -0.1) is 0 Å². The van der Waals surface area contributed by atoms with E-state index in [9.17, 15) is 14.4 Å². The van der Waals surface area contributed by atoms with E-state index in [-0.39, 0.29) is 12.3 Å². The summed E-state index contributed by atoms with van der Waals surface area (Å²) >= 11 is 1.50. The van der Waals surface area contributed by atoms with Crippen molar-refractivity contribution in [1.82, 2.24) is 20.8 Å². The second kappa shape index (κ2) is 6.98. The third kappa shape index (κ3) is 3.82. The van der Waals surface area contributed by atoms with E-state index in [2.05, 4.69) is 26.1 Å². The molecule has 130 valence electrons. The number of benzene rings is 1. The lowest BCUT2D eigenvalue weighted by Gasteiger charge is -2.12. The predicted octanol–water partition coefficient (Wildman–Crippen LogP) is 1.71. The Balaban J connectivity index is 1.72. The van der Waals surface area contributed by atoms with Crippen LogP contribution in [0.4, 0.5) is 10.5 Å². The number of amides is 4. The lowest BCUT2D eigenvalue weighted by atomic mass is 10.2. The Morgan fingerprint density at radius 1 is 1.28 bits per heavy atom. The minimum Gasteiger partial charge on any atom is -0.325 e. The molecule has 1 atom stereocenters. The van der Waals surface area contributed by atoms with Gasteiger partial charge in [0, 0.05) is 10.6 Å². The van der Waals surface area contributed by atoms with Gasteiger partial charge in [0.15, 0.2) is 0 Å². The van der Waals surface area contributed by atoms with Crippen LogP contribution in [-0.4, -0.2) is 34.1 Å². The van der Waals surface area contributed by atoms with E-state index in [1.54, 1.807) is 6.07 Å². The predicted molar refractivity (Wildman–Crippen MR) is 92.3 cm³/mol. The normalized spacial score (nSPS) is 16.5. The van der Waals surface area contributed by atoms with E-state index in [4.69, 9.17) is 0 Å². The number of rotatable bonds is 5. The molecule has 0 radical (unpaired) electrons. The van der Waals surface area contributed by atoms with E-state index in [1.807, 2.05) is 32.0 Å². The molecule has 4 N–H and O–H groups in total. The summed E-state index contributed by atoms with van der Waals surface area (Å²) in [5.41, 5.74) is 2.48. The highest BCUT2D eigenvalue weighted by Crippen LogP contribution is 2.36. The molecule has 4 amide bonds. The van der Waals surface area contributed by atoms with Crippen molar-refractivity contribution in [3.05, 3.63) is 35.7 Å². The molecule has 1 saturated heterocycles. The highest BCUT2D eigenvalue weighted by molar-refractivity contribution is 7.99. The smallest absolute Gasteiger partial charge is 0.322 e. The van der Waals surface area contributed by atoms with Crippen LogP contribution < -0.4 is 16.0 Å². The number of H-pyrrole nitrogens is 1. The van der Waals surface area contributed by atoms with E-state index < -0.39 is 18.0 Å². The summed E-state index contributed by atoms with van der Waals surface area (Å²) in [6, 6.07) is 5.97. The number of urea groups is 1. The topological polar surface area (TPSA) is 116 Å². The molecule has 3 rings (SSSR count). The highest BCUT2D eigenvalue weighted by atomic mass is 32.2. The van der Waals surface area contributed by atoms with Crippen LogP contribution in [0.25, 0.3) is 0 Å². The number of hydrogen-bond donors (Lipinski definition) is 4. The lowest BCUT2D eigenvalue weighted by Crippen LogP contribution is -2.33. The summed E-state index contributed by atoms with van der Waals surface area (Å²) in [4.78, 5) is 36.8. The van der Waals surface area contributed by atoms with Gasteiger partial charge in [0.1, 0.15) is 6.04 Å². The van der Waals surface area contributed by atoms with Crippen LogP contribution >= 0.6 is 11.8 Å². The third-order valence-corrected chi connectivity index (χ3v) is 5.06. The summed E-state index contributed by atoms with van der Waals surface area (Å²) < 4.78 is 0. The molecule has 8 nitrogen and oxygen atoms in total. The molecule has 0 spiro atoms. The van der Waals surface area contributed by atoms with Crippen LogP contribution in [0.1, 0.15) is 17.8 Å². The van der Waals surface area contributed by atoms with Crippen LogP contribution in [0.2, 0.25) is 0 Å². The zero-order chi connectivity index (χ0) is 18.0. The molecule has 25 heavy (non-hydrogen) atoms. The van der Waals surface area contributed by atoms with Gasteiger partial charge in [-0.1, -0.05) is 23.9 Å². The maximum Gasteiger partial charge on any atom is 0.322 e. The van der Waals surface area contributed by atoms with Gasteiger partial charge in [-0.25, -0.2) is 4.79 Å². The number of aryl methyl sites for hydroxylation is 2. The van der Waals surface area contributed by atoms with Crippen LogP contribution in [0.15, 0.2) is 34.1 Å². The molecular formula is C16H17N5O3S. The van der Waals surface area contributed by atoms with Gasteiger partial charge in [0.2, 0.25) is 5.91 Å². The highest BCUT2D eigenvalue weighted by Gasteiger charge is 2.31. The molecule has 2 heterocycles. The molecule has 1 aliphatic rings. The number of para-hydroxylation sites is 1. The molecule has 0 aliphatic carbocycles. The van der Waals surface area contributed by atoms with Crippen molar-refractivity contribution in [2.45, 2.75) is 36.1 Å². The minimum absolute atomic E-state index is 0.125. The first kappa shape index (κ1) is 17.0. The van der Waals surface area contributed by atoms with Gasteiger partial charge in [-0.3, -0.25) is 20.0 Å². The number of nitrogens with zero attached hydrogens (tertiary/aromatic N) is 1. The van der Waals surface area contributed by atoms with Crippen LogP contribution in [0.5, 0.6) is 0 Å². The number of aromatic amines is 1. The SMILES string of the molecule is Cc1n[nH]c(C)c1Sc1ccccc1NC(=O)C[C@H]1NC(=O)NC1=O. The molecular weight excluding hydrogens is 342 g/mol. The number of hydrogen-bond acceptors (Lipinski definition) is 5. The zero-order valence-corrected chi connectivity index (χ0v) is 14.5. The van der Waals surface area contributed by atoms with E-state index in [0.717, 1.165) is 21.2 Å². The largest absolute Gasteiger partial charge is 0.325 e. The van der Waals surface area contributed by atoms with Crippen molar-refractivity contribution in [2.24, 2.45) is 0 Å². The fraction of sp³-hybridized carbons (Fsp3) is 0.250. The van der Waals surface area contributed by atoms with Crippen LogP contribution in [0.3, 0.4) is 0 Å². The summed E-state index contributed by atoms with van der Waals surface area (Å²) in [6.07, 6.45) is -0.125. The molecule has 9 heteroatoms. The number of carbonyl (C=O) groups excluding carboxylic acids is 3. The zero-order valence-electron chi connectivity index (χ0n) is 13.7. The number of nitrogens with one attached hydrogen (secondary N) is 4. The molecule has 1 aromatic carbocycles. The quantitative estimate of drug-likeness (QED) is 0.607. The van der Waals surface area contributed by atoms with Crippen molar-refractivity contribution in [3.8, 4) is 0 Å². The number of imide groups is 1. The van der Waals surface area contributed by atoms with Gasteiger partial charge in [0.25, 0.3) is 5.91 Å². The average Bonchev–Trinajstić information content (AvgIpc) is 3.04. The summed E-state index contributed by atoms with van der Waals surface area (Å²) in [5.74, 6) is -0.844. The summed E-state index contributed by atoms with van der Waals surface area (Å²) in [7, 11) is 0. The third-order valence-electron chi connectivity index (χ3n) is 3.68. The Kier molecular flexibility index (Phi) is 4.75. The van der Waals surface area contributed by atoms with Crippen LogP contribution in [-0.2, 0) is 9.59 Å². The van der Waals surface area contributed by atoms with E-state index in [0.29, 0.717) is 5.69 Å². The minimum atomic E-state index is -0.842. The van der Waals surface area contributed by atoms with Crippen molar-refractivity contribution in [2.75, 3.05) is 5.32 Å². The Hall–Kier alpha value is -2.81. The second-order valence-electron chi connectivity index (χ2n) is 5.63. The standard InChI is InChI=1S/C16H17N5O3S/c1-8-14(9(2)21-20-8)25-12-6-4-3-5-10(12)17-13(22)7-11-15(23)19-16(24)18-11/h3-6,11H,7H2,1-2H3,(H,17,22)(H,20,21)(H2,18,19,23,24)/t11-/m1/s1.